The lowest BCUT2D eigenvalue weighted by molar-refractivity contribution is -0.117. The predicted octanol–water partition coefficient (Wildman–Crippen LogP) is 1.88. The van der Waals surface area contributed by atoms with Crippen LogP contribution in [0.3, 0.4) is 0 Å². The van der Waals surface area contributed by atoms with Crippen molar-refractivity contribution in [1.29, 1.82) is 0 Å². The number of amides is 1. The average Bonchev–Trinajstić information content (AvgIpc) is 2.87. The molecule has 1 aliphatic rings. The van der Waals surface area contributed by atoms with Crippen LogP contribution in [0.25, 0.3) is 0 Å². The number of hydrogen-bond acceptors (Lipinski definition) is 3. The van der Waals surface area contributed by atoms with Crippen molar-refractivity contribution in [2.24, 2.45) is 0 Å². The van der Waals surface area contributed by atoms with Crippen LogP contribution < -0.4 is 10.6 Å². The van der Waals surface area contributed by atoms with E-state index < -0.39 is 0 Å². The maximum absolute atomic E-state index is 12.0. The maximum atomic E-state index is 12.0. The fourth-order valence-corrected chi connectivity index (χ4v) is 2.42. The first-order chi connectivity index (χ1) is 9.06. The second-order valence-corrected chi connectivity index (χ2v) is 5.48. The third-order valence-electron chi connectivity index (χ3n) is 3.51. The van der Waals surface area contributed by atoms with E-state index in [0.29, 0.717) is 17.6 Å². The van der Waals surface area contributed by atoms with Crippen LogP contribution in [-0.2, 0) is 4.79 Å². The number of nitrogens with one attached hydrogen (secondary N) is 2. The molecule has 1 aliphatic heterocycles. The van der Waals surface area contributed by atoms with Gasteiger partial charge in [0.1, 0.15) is 0 Å². The molecule has 1 unspecified atom stereocenters. The molecule has 1 saturated heterocycles. The van der Waals surface area contributed by atoms with Gasteiger partial charge in [-0.15, -0.1) is 0 Å². The van der Waals surface area contributed by atoms with Crippen LogP contribution in [0, 0.1) is 6.92 Å². The van der Waals surface area contributed by atoms with Gasteiger partial charge in [-0.3, -0.25) is 9.69 Å². The second kappa shape index (κ2) is 6.37. The molecule has 0 saturated carbocycles. The number of carbonyl (C=O) groups is 1. The van der Waals surface area contributed by atoms with Crippen molar-refractivity contribution >= 4 is 23.2 Å². The summed E-state index contributed by atoms with van der Waals surface area (Å²) in [6, 6.07) is 6.01. The Hall–Kier alpha value is -1.10. The minimum Gasteiger partial charge on any atom is -0.325 e. The lowest BCUT2D eigenvalue weighted by Gasteiger charge is -2.22. The quantitative estimate of drug-likeness (QED) is 0.886. The fourth-order valence-electron chi connectivity index (χ4n) is 2.24. The molecule has 4 nitrogen and oxygen atoms in total. The van der Waals surface area contributed by atoms with Gasteiger partial charge in [0, 0.05) is 23.3 Å². The van der Waals surface area contributed by atoms with Gasteiger partial charge in [0.15, 0.2) is 0 Å². The summed E-state index contributed by atoms with van der Waals surface area (Å²) in [5.41, 5.74) is 1.76. The Morgan fingerprint density at radius 2 is 2.37 bits per heavy atom. The minimum atomic E-state index is -0.00526. The van der Waals surface area contributed by atoms with E-state index in [2.05, 4.69) is 15.5 Å². The Morgan fingerprint density at radius 3 is 3.00 bits per heavy atom. The predicted molar refractivity (Wildman–Crippen MR) is 78.7 cm³/mol. The van der Waals surface area contributed by atoms with E-state index >= 15 is 0 Å². The molecule has 0 aliphatic carbocycles. The van der Waals surface area contributed by atoms with Crippen molar-refractivity contribution in [3.8, 4) is 0 Å². The van der Waals surface area contributed by atoms with Gasteiger partial charge in [-0.05, 0) is 44.6 Å². The van der Waals surface area contributed by atoms with E-state index in [4.69, 9.17) is 11.6 Å². The number of halogens is 1. The number of anilines is 1. The third kappa shape index (κ3) is 3.93. The lowest BCUT2D eigenvalue weighted by Crippen LogP contribution is -2.39. The maximum Gasteiger partial charge on any atom is 0.238 e. The highest BCUT2D eigenvalue weighted by molar-refractivity contribution is 6.31. The summed E-state index contributed by atoms with van der Waals surface area (Å²) in [4.78, 5) is 14.0. The van der Waals surface area contributed by atoms with Crippen molar-refractivity contribution < 1.29 is 4.79 Å². The Morgan fingerprint density at radius 1 is 1.58 bits per heavy atom. The fraction of sp³-hybridized carbons (Fsp3) is 0.500. The highest BCUT2D eigenvalue weighted by atomic mass is 35.5. The second-order valence-electron chi connectivity index (χ2n) is 5.07. The summed E-state index contributed by atoms with van der Waals surface area (Å²) >= 11 is 6.04. The Balaban J connectivity index is 1.88. The molecule has 0 aromatic heterocycles. The number of benzene rings is 1. The first-order valence-electron chi connectivity index (χ1n) is 6.53. The number of rotatable bonds is 4. The van der Waals surface area contributed by atoms with Crippen molar-refractivity contribution in [2.45, 2.75) is 19.4 Å². The number of likely N-dealkylation sites (N-methyl/N-ethyl adjacent to an activating group) is 1. The van der Waals surface area contributed by atoms with E-state index in [1.54, 1.807) is 6.07 Å². The zero-order valence-electron chi connectivity index (χ0n) is 11.4. The SMILES string of the molecule is Cc1ccc(NC(=O)CN(C)C2CCNC2)cc1Cl. The third-order valence-corrected chi connectivity index (χ3v) is 3.91. The van der Waals surface area contributed by atoms with E-state index in [-0.39, 0.29) is 5.91 Å². The minimum absolute atomic E-state index is 0.00526. The molecule has 1 fully saturated rings. The summed E-state index contributed by atoms with van der Waals surface area (Å²) in [7, 11) is 1.99. The molecular formula is C14H20ClN3O. The molecule has 0 spiro atoms. The molecule has 2 N–H and O–H groups in total. The van der Waals surface area contributed by atoms with Crippen LogP contribution in [0.1, 0.15) is 12.0 Å². The van der Waals surface area contributed by atoms with E-state index in [9.17, 15) is 4.79 Å². The normalized spacial score (nSPS) is 18.8. The lowest BCUT2D eigenvalue weighted by atomic mass is 10.2. The van der Waals surface area contributed by atoms with Crippen LogP contribution in [0.15, 0.2) is 18.2 Å². The van der Waals surface area contributed by atoms with Crippen LogP contribution in [0.5, 0.6) is 0 Å². The van der Waals surface area contributed by atoms with Crippen molar-refractivity contribution in [3.05, 3.63) is 28.8 Å². The molecule has 1 amide bonds. The molecule has 0 radical (unpaired) electrons. The van der Waals surface area contributed by atoms with Gasteiger partial charge >= 0.3 is 0 Å². The number of hydrogen-bond donors (Lipinski definition) is 2. The molecule has 104 valence electrons. The number of carbonyl (C=O) groups excluding carboxylic acids is 1. The van der Waals surface area contributed by atoms with E-state index in [1.807, 2.05) is 26.1 Å². The van der Waals surface area contributed by atoms with Gasteiger partial charge in [0.25, 0.3) is 0 Å². The standard InChI is InChI=1S/C14H20ClN3O/c1-10-3-4-11(7-13(10)15)17-14(19)9-18(2)12-5-6-16-8-12/h3-4,7,12,16H,5-6,8-9H2,1-2H3,(H,17,19). The Bertz CT molecular complexity index is 458. The van der Waals surface area contributed by atoms with Gasteiger partial charge in [-0.2, -0.15) is 0 Å². The number of aryl methyl sites for hydroxylation is 1. The van der Waals surface area contributed by atoms with Gasteiger partial charge < -0.3 is 10.6 Å². The van der Waals surface area contributed by atoms with Crippen molar-refractivity contribution in [3.63, 3.8) is 0 Å². The monoisotopic (exact) mass is 281 g/mol. The smallest absolute Gasteiger partial charge is 0.238 e. The van der Waals surface area contributed by atoms with E-state index in [1.165, 1.54) is 0 Å². The average molecular weight is 282 g/mol. The first-order valence-corrected chi connectivity index (χ1v) is 6.91. The molecule has 2 rings (SSSR count). The summed E-state index contributed by atoms with van der Waals surface area (Å²) in [5.74, 6) is -0.00526. The number of nitrogens with zero attached hydrogens (tertiary/aromatic N) is 1. The molecule has 1 aromatic carbocycles. The topological polar surface area (TPSA) is 44.4 Å². The summed E-state index contributed by atoms with van der Waals surface area (Å²) in [6.45, 7) is 4.33. The van der Waals surface area contributed by atoms with Gasteiger partial charge in [0.2, 0.25) is 5.91 Å². The summed E-state index contributed by atoms with van der Waals surface area (Å²) < 4.78 is 0. The Labute approximate surface area is 119 Å². The highest BCUT2D eigenvalue weighted by Gasteiger charge is 2.20. The molecule has 1 heterocycles. The van der Waals surface area contributed by atoms with Gasteiger partial charge in [-0.25, -0.2) is 0 Å². The first kappa shape index (κ1) is 14.3. The highest BCUT2D eigenvalue weighted by Crippen LogP contribution is 2.19. The van der Waals surface area contributed by atoms with Gasteiger partial charge in [-0.1, -0.05) is 17.7 Å². The molecule has 1 aromatic rings. The van der Waals surface area contributed by atoms with Crippen molar-refractivity contribution in [1.82, 2.24) is 10.2 Å². The van der Waals surface area contributed by atoms with Crippen LogP contribution >= 0.6 is 11.6 Å². The van der Waals surface area contributed by atoms with Gasteiger partial charge in [0.05, 0.1) is 6.54 Å². The molecule has 0 bridgehead atoms. The van der Waals surface area contributed by atoms with Crippen LogP contribution in [-0.4, -0.2) is 43.5 Å². The van der Waals surface area contributed by atoms with Crippen LogP contribution in [0.4, 0.5) is 5.69 Å². The van der Waals surface area contributed by atoms with Crippen molar-refractivity contribution in [2.75, 3.05) is 32.0 Å². The zero-order valence-corrected chi connectivity index (χ0v) is 12.1. The molecular weight excluding hydrogens is 262 g/mol. The summed E-state index contributed by atoms with van der Waals surface area (Å²) in [6.07, 6.45) is 1.10. The Kier molecular flexibility index (Phi) is 4.80. The molecule has 19 heavy (non-hydrogen) atoms. The molecule has 5 heteroatoms. The molecule has 1 atom stereocenters. The van der Waals surface area contributed by atoms with Crippen LogP contribution in [0.2, 0.25) is 5.02 Å². The largest absolute Gasteiger partial charge is 0.325 e. The van der Waals surface area contributed by atoms with E-state index in [0.717, 1.165) is 30.8 Å². The zero-order chi connectivity index (χ0) is 13.8. The summed E-state index contributed by atoms with van der Waals surface area (Å²) in [5, 5.41) is 6.85.